The Morgan fingerprint density at radius 2 is 2.15 bits per heavy atom. The molecule has 20 heavy (non-hydrogen) atoms. The minimum Gasteiger partial charge on any atom is -0.356 e. The smallest absolute Gasteiger partial charge is 0.228 e. The molecule has 6 nitrogen and oxygen atoms in total. The molecule has 0 saturated heterocycles. The zero-order valence-corrected chi connectivity index (χ0v) is 11.2. The molecule has 2 aromatic rings. The molecule has 0 spiro atoms. The molecule has 1 amide bonds. The normalized spacial score (nSPS) is 12.1. The van der Waals surface area contributed by atoms with E-state index in [0.717, 1.165) is 24.2 Å². The summed E-state index contributed by atoms with van der Waals surface area (Å²) in [5.74, 6) is 0.510. The van der Waals surface area contributed by atoms with Crippen molar-refractivity contribution >= 4 is 5.91 Å². The molecule has 106 valence electrons. The van der Waals surface area contributed by atoms with Gasteiger partial charge < -0.3 is 11.1 Å². The first kappa shape index (κ1) is 14.2. The molecule has 1 unspecified atom stereocenters. The van der Waals surface area contributed by atoms with Crippen molar-refractivity contribution < 1.29 is 4.79 Å². The molecular formula is C14H19N5O. The summed E-state index contributed by atoms with van der Waals surface area (Å²) in [6.07, 6.45) is 3.06. The van der Waals surface area contributed by atoms with Gasteiger partial charge in [-0.3, -0.25) is 9.89 Å². The zero-order chi connectivity index (χ0) is 14.2. The predicted octanol–water partition coefficient (Wildman–Crippen LogP) is 0.596. The Morgan fingerprint density at radius 1 is 1.35 bits per heavy atom. The van der Waals surface area contributed by atoms with Crippen molar-refractivity contribution in [1.82, 2.24) is 20.5 Å². The molecule has 0 aliphatic heterocycles. The first-order valence-electron chi connectivity index (χ1n) is 6.68. The maximum atomic E-state index is 12.1. The standard InChI is InChI=1S/C14H19N5O/c15-9-12(11-5-2-1-3-6-11)14(20)16-8-4-7-13-17-10-18-19-13/h1-3,5-6,10,12H,4,7-9,15H2,(H,16,20)(H,17,18,19). The monoisotopic (exact) mass is 273 g/mol. The van der Waals surface area contributed by atoms with Gasteiger partial charge in [-0.25, -0.2) is 4.98 Å². The highest BCUT2D eigenvalue weighted by atomic mass is 16.1. The maximum absolute atomic E-state index is 12.1. The highest BCUT2D eigenvalue weighted by Gasteiger charge is 2.17. The molecule has 1 atom stereocenters. The molecule has 0 aliphatic carbocycles. The van der Waals surface area contributed by atoms with E-state index in [-0.39, 0.29) is 11.8 Å². The summed E-state index contributed by atoms with van der Waals surface area (Å²) in [4.78, 5) is 16.1. The van der Waals surface area contributed by atoms with Crippen molar-refractivity contribution in [3.05, 3.63) is 48.0 Å². The third-order valence-corrected chi connectivity index (χ3v) is 3.11. The summed E-state index contributed by atoms with van der Waals surface area (Å²) < 4.78 is 0. The van der Waals surface area contributed by atoms with Crippen LogP contribution in [0.5, 0.6) is 0 Å². The van der Waals surface area contributed by atoms with Crippen LogP contribution >= 0.6 is 0 Å². The van der Waals surface area contributed by atoms with Crippen LogP contribution in [0.1, 0.15) is 23.7 Å². The summed E-state index contributed by atoms with van der Waals surface area (Å²) >= 11 is 0. The van der Waals surface area contributed by atoms with Gasteiger partial charge in [0, 0.05) is 19.5 Å². The van der Waals surface area contributed by atoms with Crippen LogP contribution in [-0.2, 0) is 11.2 Å². The Bertz CT molecular complexity index is 512. The molecule has 0 radical (unpaired) electrons. The molecule has 1 heterocycles. The lowest BCUT2D eigenvalue weighted by Crippen LogP contribution is -2.34. The van der Waals surface area contributed by atoms with Gasteiger partial charge in [-0.1, -0.05) is 30.3 Å². The summed E-state index contributed by atoms with van der Waals surface area (Å²) in [5.41, 5.74) is 6.65. The van der Waals surface area contributed by atoms with Gasteiger partial charge >= 0.3 is 0 Å². The van der Waals surface area contributed by atoms with Crippen LogP contribution in [0.25, 0.3) is 0 Å². The van der Waals surface area contributed by atoms with Gasteiger partial charge in [-0.05, 0) is 12.0 Å². The van der Waals surface area contributed by atoms with E-state index in [0.29, 0.717) is 13.1 Å². The van der Waals surface area contributed by atoms with Crippen LogP contribution in [0.3, 0.4) is 0 Å². The number of rotatable bonds is 7. The van der Waals surface area contributed by atoms with Crippen LogP contribution in [0, 0.1) is 0 Å². The van der Waals surface area contributed by atoms with Crippen LogP contribution in [-0.4, -0.2) is 34.2 Å². The van der Waals surface area contributed by atoms with E-state index < -0.39 is 0 Å². The average Bonchev–Trinajstić information content (AvgIpc) is 2.99. The number of aromatic amines is 1. The lowest BCUT2D eigenvalue weighted by atomic mass is 9.98. The fraction of sp³-hybridized carbons (Fsp3) is 0.357. The zero-order valence-electron chi connectivity index (χ0n) is 11.2. The highest BCUT2D eigenvalue weighted by molar-refractivity contribution is 5.83. The third-order valence-electron chi connectivity index (χ3n) is 3.11. The molecule has 0 fully saturated rings. The van der Waals surface area contributed by atoms with E-state index >= 15 is 0 Å². The van der Waals surface area contributed by atoms with Crippen molar-refractivity contribution in [2.45, 2.75) is 18.8 Å². The van der Waals surface area contributed by atoms with Crippen LogP contribution in [0.4, 0.5) is 0 Å². The van der Waals surface area contributed by atoms with E-state index in [9.17, 15) is 4.79 Å². The van der Waals surface area contributed by atoms with E-state index in [1.54, 1.807) is 0 Å². The second kappa shape index (κ2) is 7.40. The number of nitrogens with one attached hydrogen (secondary N) is 2. The average molecular weight is 273 g/mol. The number of benzene rings is 1. The van der Waals surface area contributed by atoms with E-state index in [2.05, 4.69) is 20.5 Å². The number of aromatic nitrogens is 3. The Morgan fingerprint density at radius 3 is 2.80 bits per heavy atom. The molecule has 4 N–H and O–H groups in total. The molecule has 0 aliphatic rings. The number of aryl methyl sites for hydroxylation is 1. The Hall–Kier alpha value is -2.21. The van der Waals surface area contributed by atoms with Crippen molar-refractivity contribution in [3.8, 4) is 0 Å². The van der Waals surface area contributed by atoms with Crippen LogP contribution < -0.4 is 11.1 Å². The summed E-state index contributed by atoms with van der Waals surface area (Å²) in [5, 5.41) is 9.48. The first-order valence-corrected chi connectivity index (χ1v) is 6.68. The van der Waals surface area contributed by atoms with E-state index in [1.165, 1.54) is 6.33 Å². The van der Waals surface area contributed by atoms with E-state index in [1.807, 2.05) is 30.3 Å². The van der Waals surface area contributed by atoms with Crippen molar-refractivity contribution in [2.75, 3.05) is 13.1 Å². The lowest BCUT2D eigenvalue weighted by Gasteiger charge is -2.15. The number of carbonyl (C=O) groups is 1. The number of nitrogens with two attached hydrogens (primary N) is 1. The van der Waals surface area contributed by atoms with Crippen LogP contribution in [0.15, 0.2) is 36.7 Å². The van der Waals surface area contributed by atoms with Gasteiger partial charge in [0.2, 0.25) is 5.91 Å². The fourth-order valence-corrected chi connectivity index (χ4v) is 2.02. The number of hydrogen-bond donors (Lipinski definition) is 3. The number of nitrogens with zero attached hydrogens (tertiary/aromatic N) is 2. The second-order valence-corrected chi connectivity index (χ2v) is 4.53. The Labute approximate surface area is 117 Å². The molecule has 0 bridgehead atoms. The highest BCUT2D eigenvalue weighted by Crippen LogP contribution is 2.13. The minimum atomic E-state index is -0.290. The topological polar surface area (TPSA) is 96.7 Å². The Kier molecular flexibility index (Phi) is 5.25. The molecule has 0 saturated carbocycles. The maximum Gasteiger partial charge on any atom is 0.228 e. The van der Waals surface area contributed by atoms with Gasteiger partial charge in [-0.2, -0.15) is 5.10 Å². The number of hydrogen-bond acceptors (Lipinski definition) is 4. The summed E-state index contributed by atoms with van der Waals surface area (Å²) in [6, 6.07) is 9.59. The number of carbonyl (C=O) groups excluding carboxylic acids is 1. The minimum absolute atomic E-state index is 0.0312. The quantitative estimate of drug-likeness (QED) is 0.643. The van der Waals surface area contributed by atoms with Gasteiger partial charge in [0.15, 0.2) is 0 Å². The number of amides is 1. The largest absolute Gasteiger partial charge is 0.356 e. The predicted molar refractivity (Wildman–Crippen MR) is 76.0 cm³/mol. The molecule has 6 heteroatoms. The molecular weight excluding hydrogens is 254 g/mol. The SMILES string of the molecule is NCC(C(=O)NCCCc1ncn[nH]1)c1ccccc1. The van der Waals surface area contributed by atoms with Gasteiger partial charge in [0.25, 0.3) is 0 Å². The second-order valence-electron chi connectivity index (χ2n) is 4.53. The van der Waals surface area contributed by atoms with Crippen LogP contribution in [0.2, 0.25) is 0 Å². The molecule has 1 aromatic carbocycles. The summed E-state index contributed by atoms with van der Waals surface area (Å²) in [6.45, 7) is 0.904. The van der Waals surface area contributed by atoms with E-state index in [4.69, 9.17) is 5.73 Å². The van der Waals surface area contributed by atoms with Crippen molar-refractivity contribution in [2.24, 2.45) is 5.73 Å². The molecule has 1 aromatic heterocycles. The number of H-pyrrole nitrogens is 1. The van der Waals surface area contributed by atoms with Gasteiger partial charge in [0.1, 0.15) is 12.2 Å². The molecule has 2 rings (SSSR count). The first-order chi connectivity index (χ1) is 9.81. The summed E-state index contributed by atoms with van der Waals surface area (Å²) in [7, 11) is 0. The Balaban J connectivity index is 1.78. The van der Waals surface area contributed by atoms with Gasteiger partial charge in [-0.15, -0.1) is 0 Å². The van der Waals surface area contributed by atoms with Crippen molar-refractivity contribution in [1.29, 1.82) is 0 Å². The third kappa shape index (κ3) is 3.89. The lowest BCUT2D eigenvalue weighted by molar-refractivity contribution is -0.122. The van der Waals surface area contributed by atoms with Gasteiger partial charge in [0.05, 0.1) is 5.92 Å². The van der Waals surface area contributed by atoms with Crippen molar-refractivity contribution in [3.63, 3.8) is 0 Å². The fourth-order valence-electron chi connectivity index (χ4n) is 2.02.